The fourth-order valence-corrected chi connectivity index (χ4v) is 3.08. The molecule has 1 aliphatic heterocycles. The van der Waals surface area contributed by atoms with E-state index in [9.17, 15) is 0 Å². The van der Waals surface area contributed by atoms with Gasteiger partial charge in [0.25, 0.3) is 0 Å². The fourth-order valence-electron chi connectivity index (χ4n) is 2.78. The Balaban J connectivity index is 1.47. The van der Waals surface area contributed by atoms with E-state index >= 15 is 0 Å². The van der Waals surface area contributed by atoms with Gasteiger partial charge in [0.05, 0.1) is 16.7 Å². The van der Waals surface area contributed by atoms with E-state index in [2.05, 4.69) is 35.9 Å². The van der Waals surface area contributed by atoms with Gasteiger partial charge in [-0.25, -0.2) is 9.97 Å². The SMILES string of the molecule is Brc1cnn(C2CCN(c3ncc(C4CC4)cn3)C2)c1. The second-order valence-electron chi connectivity index (χ2n) is 5.62. The van der Waals surface area contributed by atoms with Crippen molar-refractivity contribution < 1.29 is 0 Å². The van der Waals surface area contributed by atoms with Crippen molar-refractivity contribution in [2.45, 2.75) is 31.2 Å². The third-order valence-electron chi connectivity index (χ3n) is 4.10. The minimum absolute atomic E-state index is 0.410. The Labute approximate surface area is 126 Å². The quantitative estimate of drug-likeness (QED) is 0.866. The molecular formula is C14H16BrN5. The number of rotatable bonds is 3. The summed E-state index contributed by atoms with van der Waals surface area (Å²) in [5, 5.41) is 4.37. The van der Waals surface area contributed by atoms with Gasteiger partial charge in [0.2, 0.25) is 5.95 Å². The summed E-state index contributed by atoms with van der Waals surface area (Å²) >= 11 is 3.45. The van der Waals surface area contributed by atoms with Gasteiger partial charge >= 0.3 is 0 Å². The molecule has 1 aliphatic carbocycles. The molecule has 2 aliphatic rings. The molecule has 0 aromatic carbocycles. The van der Waals surface area contributed by atoms with Crippen LogP contribution in [0.25, 0.3) is 0 Å². The zero-order valence-corrected chi connectivity index (χ0v) is 12.7. The molecule has 1 saturated heterocycles. The summed E-state index contributed by atoms with van der Waals surface area (Å²) in [4.78, 5) is 11.3. The van der Waals surface area contributed by atoms with Gasteiger partial charge in [-0.05, 0) is 46.7 Å². The third kappa shape index (κ3) is 2.32. The molecule has 1 atom stereocenters. The molecule has 104 valence electrons. The molecule has 2 fully saturated rings. The highest BCUT2D eigenvalue weighted by atomic mass is 79.9. The van der Waals surface area contributed by atoms with Crippen molar-refractivity contribution in [2.24, 2.45) is 0 Å². The number of hydrogen-bond donors (Lipinski definition) is 0. The average Bonchev–Trinajstić information content (AvgIpc) is 3.04. The summed E-state index contributed by atoms with van der Waals surface area (Å²) in [6.07, 6.45) is 11.5. The minimum Gasteiger partial charge on any atom is -0.339 e. The van der Waals surface area contributed by atoms with Crippen LogP contribution in [0.15, 0.2) is 29.3 Å². The lowest BCUT2D eigenvalue weighted by molar-refractivity contribution is 0.494. The summed E-state index contributed by atoms with van der Waals surface area (Å²) in [5.41, 5.74) is 1.29. The Morgan fingerprint density at radius 2 is 1.90 bits per heavy atom. The Morgan fingerprint density at radius 3 is 2.55 bits per heavy atom. The van der Waals surface area contributed by atoms with Gasteiger partial charge in [0, 0.05) is 31.7 Å². The number of halogens is 1. The van der Waals surface area contributed by atoms with Gasteiger partial charge in [-0.2, -0.15) is 5.10 Å². The summed E-state index contributed by atoms with van der Waals surface area (Å²) in [6, 6.07) is 0.410. The molecule has 3 heterocycles. The molecule has 0 spiro atoms. The van der Waals surface area contributed by atoms with Crippen LogP contribution >= 0.6 is 15.9 Å². The maximum atomic E-state index is 4.53. The average molecular weight is 334 g/mol. The highest BCUT2D eigenvalue weighted by molar-refractivity contribution is 9.10. The molecule has 0 bridgehead atoms. The molecule has 1 unspecified atom stereocenters. The van der Waals surface area contributed by atoms with Crippen molar-refractivity contribution in [2.75, 3.05) is 18.0 Å². The van der Waals surface area contributed by atoms with Crippen LogP contribution in [0.1, 0.15) is 36.8 Å². The van der Waals surface area contributed by atoms with Crippen LogP contribution < -0.4 is 4.90 Å². The van der Waals surface area contributed by atoms with Crippen molar-refractivity contribution >= 4 is 21.9 Å². The van der Waals surface area contributed by atoms with Crippen LogP contribution in [0.3, 0.4) is 0 Å². The molecule has 20 heavy (non-hydrogen) atoms. The van der Waals surface area contributed by atoms with E-state index in [4.69, 9.17) is 0 Å². The van der Waals surface area contributed by atoms with Gasteiger partial charge in [0.15, 0.2) is 0 Å². The lowest BCUT2D eigenvalue weighted by Gasteiger charge is -2.16. The monoisotopic (exact) mass is 333 g/mol. The number of anilines is 1. The molecule has 6 heteroatoms. The topological polar surface area (TPSA) is 46.8 Å². The van der Waals surface area contributed by atoms with Gasteiger partial charge < -0.3 is 4.90 Å². The molecular weight excluding hydrogens is 318 g/mol. The second-order valence-corrected chi connectivity index (χ2v) is 6.53. The van der Waals surface area contributed by atoms with Crippen LogP contribution in [0.5, 0.6) is 0 Å². The van der Waals surface area contributed by atoms with E-state index in [0.29, 0.717) is 6.04 Å². The Hall–Kier alpha value is -1.43. The van der Waals surface area contributed by atoms with E-state index in [1.54, 1.807) is 0 Å². The van der Waals surface area contributed by atoms with Gasteiger partial charge in [-0.1, -0.05) is 0 Å². The van der Waals surface area contributed by atoms with Gasteiger partial charge in [-0.3, -0.25) is 4.68 Å². The predicted molar refractivity (Wildman–Crippen MR) is 79.8 cm³/mol. The van der Waals surface area contributed by atoms with Crippen molar-refractivity contribution in [1.29, 1.82) is 0 Å². The third-order valence-corrected chi connectivity index (χ3v) is 4.51. The van der Waals surface area contributed by atoms with Crippen molar-refractivity contribution in [3.63, 3.8) is 0 Å². The number of nitrogens with zero attached hydrogens (tertiary/aromatic N) is 5. The molecule has 5 nitrogen and oxygen atoms in total. The largest absolute Gasteiger partial charge is 0.339 e. The highest BCUT2D eigenvalue weighted by Gasteiger charge is 2.27. The second kappa shape index (κ2) is 4.84. The number of aromatic nitrogens is 4. The first kappa shape index (κ1) is 12.3. The van der Waals surface area contributed by atoms with Crippen LogP contribution in [0, 0.1) is 0 Å². The van der Waals surface area contributed by atoms with Gasteiger partial charge in [-0.15, -0.1) is 0 Å². The zero-order valence-electron chi connectivity index (χ0n) is 11.1. The van der Waals surface area contributed by atoms with Crippen molar-refractivity contribution in [1.82, 2.24) is 19.7 Å². The fraction of sp³-hybridized carbons (Fsp3) is 0.500. The van der Waals surface area contributed by atoms with Crippen LogP contribution in [-0.2, 0) is 0 Å². The molecule has 0 radical (unpaired) electrons. The van der Waals surface area contributed by atoms with Crippen LogP contribution in [0.2, 0.25) is 0 Å². The van der Waals surface area contributed by atoms with E-state index < -0.39 is 0 Å². The zero-order chi connectivity index (χ0) is 13.5. The predicted octanol–water partition coefficient (Wildman–Crippen LogP) is 2.76. The minimum atomic E-state index is 0.410. The lowest BCUT2D eigenvalue weighted by Crippen LogP contribution is -2.23. The van der Waals surface area contributed by atoms with Crippen LogP contribution in [-0.4, -0.2) is 32.8 Å². The number of hydrogen-bond acceptors (Lipinski definition) is 4. The maximum Gasteiger partial charge on any atom is 0.225 e. The molecule has 0 N–H and O–H groups in total. The molecule has 4 rings (SSSR count). The Kier molecular flexibility index (Phi) is 2.98. The summed E-state index contributed by atoms with van der Waals surface area (Å²) in [7, 11) is 0. The van der Waals surface area contributed by atoms with E-state index in [1.807, 2.05) is 29.5 Å². The molecule has 2 aromatic heterocycles. The first-order chi connectivity index (χ1) is 9.79. The van der Waals surface area contributed by atoms with Crippen LogP contribution in [0.4, 0.5) is 5.95 Å². The molecule has 1 saturated carbocycles. The summed E-state index contributed by atoms with van der Waals surface area (Å²) in [6.45, 7) is 1.92. The molecule has 2 aromatic rings. The normalized spacial score (nSPS) is 22.4. The Bertz CT molecular complexity index is 604. The Morgan fingerprint density at radius 1 is 1.10 bits per heavy atom. The molecule has 0 amide bonds. The first-order valence-electron chi connectivity index (χ1n) is 7.06. The summed E-state index contributed by atoms with van der Waals surface area (Å²) in [5.74, 6) is 1.57. The van der Waals surface area contributed by atoms with Crippen molar-refractivity contribution in [3.05, 3.63) is 34.8 Å². The summed E-state index contributed by atoms with van der Waals surface area (Å²) < 4.78 is 3.06. The lowest BCUT2D eigenvalue weighted by atomic mass is 10.2. The van der Waals surface area contributed by atoms with Gasteiger partial charge in [0.1, 0.15) is 0 Å². The maximum absolute atomic E-state index is 4.53. The van der Waals surface area contributed by atoms with Crippen molar-refractivity contribution in [3.8, 4) is 0 Å². The highest BCUT2D eigenvalue weighted by Crippen LogP contribution is 2.39. The van der Waals surface area contributed by atoms with E-state index in [1.165, 1.54) is 18.4 Å². The smallest absolute Gasteiger partial charge is 0.225 e. The van der Waals surface area contributed by atoms with E-state index in [0.717, 1.165) is 35.8 Å². The first-order valence-corrected chi connectivity index (χ1v) is 7.85. The standard InChI is InChI=1S/C14H16BrN5/c15-12-7-18-20(8-12)13-3-4-19(9-13)14-16-5-11(6-17-14)10-1-2-10/h5-8,10,13H,1-4,9H2. The van der Waals surface area contributed by atoms with E-state index in [-0.39, 0.29) is 0 Å².